The molecule has 5 rings (SSSR count). The van der Waals surface area contributed by atoms with E-state index < -0.39 is 0 Å². The van der Waals surface area contributed by atoms with E-state index >= 15 is 0 Å². The number of ether oxygens (including phenoxy) is 1. The molecule has 1 unspecified atom stereocenters. The summed E-state index contributed by atoms with van der Waals surface area (Å²) < 4.78 is 7.23. The molecule has 0 fully saturated rings. The maximum absolute atomic E-state index is 13.6. The highest BCUT2D eigenvalue weighted by molar-refractivity contribution is 7.13. The van der Waals surface area contributed by atoms with Crippen LogP contribution in [0.4, 0.5) is 11.6 Å². The Morgan fingerprint density at radius 2 is 1.97 bits per heavy atom. The topological polar surface area (TPSA) is 81.1 Å². The first-order chi connectivity index (χ1) is 15.6. The van der Waals surface area contributed by atoms with E-state index in [1.54, 1.807) is 29.8 Å². The largest absolute Gasteiger partial charge is 0.495 e. The molecule has 1 amide bonds. The molecule has 162 valence electrons. The highest BCUT2D eigenvalue weighted by Crippen LogP contribution is 2.40. The minimum Gasteiger partial charge on any atom is -0.495 e. The van der Waals surface area contributed by atoms with Gasteiger partial charge in [0.25, 0.3) is 5.91 Å². The van der Waals surface area contributed by atoms with Crippen molar-refractivity contribution in [1.29, 1.82) is 0 Å². The van der Waals surface area contributed by atoms with Gasteiger partial charge in [0.2, 0.25) is 5.95 Å². The second-order valence-corrected chi connectivity index (χ2v) is 9.26. The number of carbonyl (C=O) groups is 1. The fraction of sp³-hybridized carbons (Fsp3) is 0.174. The van der Waals surface area contributed by atoms with E-state index in [-0.39, 0.29) is 11.9 Å². The number of anilines is 2. The van der Waals surface area contributed by atoms with Gasteiger partial charge in [-0.25, -0.2) is 4.68 Å². The molecule has 1 aliphatic rings. The van der Waals surface area contributed by atoms with Crippen molar-refractivity contribution in [2.24, 2.45) is 0 Å². The molecule has 0 saturated carbocycles. The normalized spacial score (nSPS) is 15.3. The minimum absolute atomic E-state index is 0.212. The minimum atomic E-state index is -0.387. The third kappa shape index (κ3) is 3.49. The number of rotatable bonds is 5. The Kier molecular flexibility index (Phi) is 5.28. The summed E-state index contributed by atoms with van der Waals surface area (Å²) >= 11 is 3.20. The van der Waals surface area contributed by atoms with Crippen LogP contribution in [0.5, 0.6) is 5.75 Å². The number of nitrogens with one attached hydrogen (secondary N) is 2. The fourth-order valence-electron chi connectivity index (χ4n) is 3.80. The highest BCUT2D eigenvalue weighted by atomic mass is 32.1. The number of benzene rings is 1. The van der Waals surface area contributed by atoms with Crippen molar-refractivity contribution in [3.63, 3.8) is 0 Å². The van der Waals surface area contributed by atoms with Gasteiger partial charge in [-0.3, -0.25) is 4.79 Å². The molecule has 7 nitrogen and oxygen atoms in total. The standard InChI is InChI=1S/C23H21N5O2S2/c1-13-10-12-32-20(13)19-18(22(29)25-15-7-4-5-8-16(15)30-3)14(2)24-23-26-21(27-28(19)23)17-9-6-11-31-17/h4-12,19H,1-3H3,(H,25,29)(H,24,26,27). The monoisotopic (exact) mass is 463 g/mol. The molecule has 9 heteroatoms. The van der Waals surface area contributed by atoms with Gasteiger partial charge in [-0.1, -0.05) is 18.2 Å². The van der Waals surface area contributed by atoms with Crippen LogP contribution in [0.2, 0.25) is 0 Å². The van der Waals surface area contributed by atoms with E-state index in [1.165, 1.54) is 0 Å². The summed E-state index contributed by atoms with van der Waals surface area (Å²) in [4.78, 5) is 20.3. The van der Waals surface area contributed by atoms with Crippen LogP contribution in [0.1, 0.15) is 23.4 Å². The van der Waals surface area contributed by atoms with Gasteiger partial charge in [-0.15, -0.1) is 27.8 Å². The lowest BCUT2D eigenvalue weighted by Gasteiger charge is -2.28. The Hall–Kier alpha value is -3.43. The second kappa shape index (κ2) is 8.25. The van der Waals surface area contributed by atoms with Crippen LogP contribution in [0, 0.1) is 6.92 Å². The van der Waals surface area contributed by atoms with Crippen molar-refractivity contribution in [1.82, 2.24) is 14.8 Å². The summed E-state index contributed by atoms with van der Waals surface area (Å²) in [7, 11) is 1.59. The lowest BCUT2D eigenvalue weighted by Crippen LogP contribution is -2.31. The summed E-state index contributed by atoms with van der Waals surface area (Å²) in [6.45, 7) is 3.95. The molecule has 4 aromatic rings. The molecule has 2 N–H and O–H groups in total. The predicted octanol–water partition coefficient (Wildman–Crippen LogP) is 5.31. The SMILES string of the molecule is COc1ccccc1NC(=O)C1=C(C)Nc2nc(-c3cccs3)nn2C1c1sccc1C. The van der Waals surface area contributed by atoms with Crippen LogP contribution in [-0.2, 0) is 4.79 Å². The number of carbonyl (C=O) groups excluding carboxylic acids is 1. The summed E-state index contributed by atoms with van der Waals surface area (Å²) in [5.74, 6) is 1.66. The van der Waals surface area contributed by atoms with E-state index in [4.69, 9.17) is 14.8 Å². The van der Waals surface area contributed by atoms with Crippen LogP contribution >= 0.6 is 22.7 Å². The fourth-order valence-corrected chi connectivity index (χ4v) is 5.47. The van der Waals surface area contributed by atoms with Gasteiger partial charge in [0.1, 0.15) is 11.8 Å². The van der Waals surface area contributed by atoms with E-state index in [1.807, 2.05) is 58.8 Å². The molecule has 1 aliphatic heterocycles. The zero-order chi connectivity index (χ0) is 22.2. The van der Waals surface area contributed by atoms with Gasteiger partial charge < -0.3 is 15.4 Å². The Labute approximate surface area is 193 Å². The summed E-state index contributed by atoms with van der Waals surface area (Å²) in [6, 6.07) is 13.0. The Morgan fingerprint density at radius 3 is 2.69 bits per heavy atom. The number of aryl methyl sites for hydroxylation is 1. The van der Waals surface area contributed by atoms with Crippen LogP contribution in [0.15, 0.2) is 64.5 Å². The first-order valence-corrected chi connectivity index (χ1v) is 11.8. The molecule has 3 aromatic heterocycles. The van der Waals surface area contributed by atoms with Crippen LogP contribution < -0.4 is 15.4 Å². The predicted molar refractivity (Wildman–Crippen MR) is 128 cm³/mol. The van der Waals surface area contributed by atoms with Gasteiger partial charge >= 0.3 is 0 Å². The molecule has 0 radical (unpaired) electrons. The van der Waals surface area contributed by atoms with Crippen molar-refractivity contribution in [3.05, 3.63) is 74.9 Å². The quantitative estimate of drug-likeness (QED) is 0.419. The molecule has 0 aliphatic carbocycles. The number of thiophene rings is 2. The molecular weight excluding hydrogens is 442 g/mol. The maximum Gasteiger partial charge on any atom is 0.256 e. The van der Waals surface area contributed by atoms with E-state index in [0.717, 1.165) is 21.0 Å². The number of allylic oxidation sites excluding steroid dienone is 1. The number of hydrogen-bond acceptors (Lipinski definition) is 7. The molecule has 1 atom stereocenters. The van der Waals surface area contributed by atoms with Gasteiger partial charge in [-0.05, 0) is 54.4 Å². The first-order valence-electron chi connectivity index (χ1n) is 10.0. The Bertz CT molecular complexity index is 1320. The zero-order valence-electron chi connectivity index (χ0n) is 17.7. The smallest absolute Gasteiger partial charge is 0.256 e. The van der Waals surface area contributed by atoms with Crippen LogP contribution in [-0.4, -0.2) is 27.8 Å². The zero-order valence-corrected chi connectivity index (χ0v) is 19.4. The van der Waals surface area contributed by atoms with E-state index in [0.29, 0.717) is 28.8 Å². The Morgan fingerprint density at radius 1 is 1.12 bits per heavy atom. The number of para-hydroxylation sites is 2. The van der Waals surface area contributed by atoms with Crippen molar-refractivity contribution >= 4 is 40.2 Å². The molecule has 0 bridgehead atoms. The number of fused-ring (bicyclic) bond motifs is 1. The van der Waals surface area contributed by atoms with Crippen molar-refractivity contribution < 1.29 is 9.53 Å². The molecule has 0 saturated heterocycles. The van der Waals surface area contributed by atoms with Crippen LogP contribution in [0.25, 0.3) is 10.7 Å². The first kappa shape index (κ1) is 20.5. The third-order valence-electron chi connectivity index (χ3n) is 5.34. The van der Waals surface area contributed by atoms with Crippen molar-refractivity contribution in [3.8, 4) is 16.5 Å². The summed E-state index contributed by atoms with van der Waals surface area (Å²) in [5, 5.41) is 15.1. The number of methoxy groups -OCH3 is 1. The lowest BCUT2D eigenvalue weighted by molar-refractivity contribution is -0.113. The summed E-state index contributed by atoms with van der Waals surface area (Å²) in [5.41, 5.74) is 3.06. The lowest BCUT2D eigenvalue weighted by atomic mass is 9.98. The number of nitrogens with zero attached hydrogens (tertiary/aromatic N) is 3. The van der Waals surface area contributed by atoms with Gasteiger partial charge in [0.15, 0.2) is 5.82 Å². The van der Waals surface area contributed by atoms with E-state index in [2.05, 4.69) is 23.6 Å². The van der Waals surface area contributed by atoms with Crippen molar-refractivity contribution in [2.45, 2.75) is 19.9 Å². The second-order valence-electron chi connectivity index (χ2n) is 7.37. The van der Waals surface area contributed by atoms with E-state index in [9.17, 15) is 4.79 Å². The van der Waals surface area contributed by atoms with Crippen molar-refractivity contribution in [2.75, 3.05) is 17.7 Å². The number of amides is 1. The number of hydrogen-bond donors (Lipinski definition) is 2. The maximum atomic E-state index is 13.6. The van der Waals surface area contributed by atoms with Gasteiger partial charge in [0.05, 0.1) is 23.2 Å². The van der Waals surface area contributed by atoms with Gasteiger partial charge in [0, 0.05) is 10.6 Å². The highest BCUT2D eigenvalue weighted by Gasteiger charge is 2.36. The molecule has 32 heavy (non-hydrogen) atoms. The average molecular weight is 464 g/mol. The molecule has 1 aromatic carbocycles. The summed E-state index contributed by atoms with van der Waals surface area (Å²) in [6.07, 6.45) is 0. The molecular formula is C23H21N5O2S2. The Balaban J connectivity index is 1.60. The van der Waals surface area contributed by atoms with Gasteiger partial charge in [-0.2, -0.15) is 4.98 Å². The van der Waals surface area contributed by atoms with Crippen LogP contribution in [0.3, 0.4) is 0 Å². The molecule has 0 spiro atoms. The average Bonchev–Trinajstić information content (AvgIpc) is 3.53. The number of aromatic nitrogens is 3. The molecule has 4 heterocycles. The third-order valence-corrected chi connectivity index (χ3v) is 7.28.